The zero-order valence-corrected chi connectivity index (χ0v) is 16.4. The van der Waals surface area contributed by atoms with E-state index in [1.54, 1.807) is 30.3 Å². The smallest absolute Gasteiger partial charge is 0.417 e. The van der Waals surface area contributed by atoms with Gasteiger partial charge in [-0.15, -0.1) is 0 Å². The van der Waals surface area contributed by atoms with Gasteiger partial charge in [-0.25, -0.2) is 4.79 Å². The van der Waals surface area contributed by atoms with E-state index in [0.29, 0.717) is 5.69 Å². The molecule has 1 atom stereocenters. The van der Waals surface area contributed by atoms with Crippen molar-refractivity contribution in [1.29, 1.82) is 0 Å². The van der Waals surface area contributed by atoms with Crippen LogP contribution in [0.5, 0.6) is 0 Å². The number of nitrogens with zero attached hydrogens (tertiary/aromatic N) is 1. The van der Waals surface area contributed by atoms with E-state index in [4.69, 9.17) is 4.74 Å². The summed E-state index contributed by atoms with van der Waals surface area (Å²) in [5.41, 5.74) is 1.24. The zero-order chi connectivity index (χ0) is 22.5. The first-order chi connectivity index (χ1) is 13.9. The number of alkyl carbamates (subject to hydrolysis) is 1. The lowest BCUT2D eigenvalue weighted by Gasteiger charge is -2.24. The molecule has 0 saturated heterocycles. The van der Waals surface area contributed by atoms with Crippen LogP contribution in [0, 0.1) is 0 Å². The molecule has 0 spiro atoms. The number of hydrogen-bond acceptors (Lipinski definition) is 4. The minimum atomic E-state index is -5.10. The molecule has 1 unspecified atom stereocenters. The first kappa shape index (κ1) is 22.8. The Bertz CT molecular complexity index is 904. The van der Waals surface area contributed by atoms with Crippen molar-refractivity contribution in [1.82, 2.24) is 9.99 Å². The summed E-state index contributed by atoms with van der Waals surface area (Å²) in [4.78, 5) is 36.3. The minimum absolute atomic E-state index is 0.120. The summed E-state index contributed by atoms with van der Waals surface area (Å²) >= 11 is 0. The second-order valence-electron chi connectivity index (χ2n) is 7.18. The number of carbonyl (C=O) groups excluding carboxylic acids is 3. The normalized spacial score (nSPS) is 12.6. The predicted molar refractivity (Wildman–Crippen MR) is 102 cm³/mol. The lowest BCUT2D eigenvalue weighted by Crippen LogP contribution is -2.55. The van der Waals surface area contributed by atoms with Gasteiger partial charge in [-0.1, -0.05) is 18.2 Å². The molecule has 1 aromatic heterocycles. The summed E-state index contributed by atoms with van der Waals surface area (Å²) in [7, 11) is 0. The van der Waals surface area contributed by atoms with E-state index in [-0.39, 0.29) is 5.69 Å². The fraction of sp³-hybridized carbons (Fsp3) is 0.316. The van der Waals surface area contributed by atoms with Gasteiger partial charge in [-0.3, -0.25) is 19.7 Å². The molecule has 0 bridgehead atoms. The molecule has 1 aromatic carbocycles. The molecule has 11 heteroatoms. The van der Waals surface area contributed by atoms with Crippen LogP contribution in [-0.2, 0) is 9.53 Å². The fourth-order valence-corrected chi connectivity index (χ4v) is 2.28. The molecular weight excluding hydrogens is 405 g/mol. The molecule has 0 radical (unpaired) electrons. The number of aromatic nitrogens is 1. The number of halogens is 3. The second-order valence-corrected chi connectivity index (χ2v) is 7.18. The van der Waals surface area contributed by atoms with Crippen LogP contribution in [0.2, 0.25) is 0 Å². The fourth-order valence-electron chi connectivity index (χ4n) is 2.28. The van der Waals surface area contributed by atoms with Crippen molar-refractivity contribution < 1.29 is 32.3 Å². The maximum absolute atomic E-state index is 13.3. The van der Waals surface area contributed by atoms with Crippen molar-refractivity contribution in [3.05, 3.63) is 54.4 Å². The molecule has 0 saturated carbocycles. The lowest BCUT2D eigenvalue weighted by atomic mass is 10.2. The molecule has 0 aliphatic carbocycles. The third kappa shape index (κ3) is 6.54. The number of nitrogens with one attached hydrogen (secondary N) is 3. The van der Waals surface area contributed by atoms with Gasteiger partial charge in [0.1, 0.15) is 11.3 Å². The van der Waals surface area contributed by atoms with Crippen molar-refractivity contribution in [2.75, 3.05) is 10.7 Å². The first-order valence-corrected chi connectivity index (χ1v) is 8.78. The molecule has 2 rings (SSSR count). The highest BCUT2D eigenvalue weighted by atomic mass is 19.4. The van der Waals surface area contributed by atoms with E-state index in [1.165, 1.54) is 44.4 Å². The van der Waals surface area contributed by atoms with Crippen molar-refractivity contribution in [2.45, 2.75) is 38.6 Å². The van der Waals surface area contributed by atoms with Crippen LogP contribution in [0.25, 0.3) is 0 Å². The van der Waals surface area contributed by atoms with E-state index in [2.05, 4.69) is 5.32 Å². The Labute approximate surface area is 170 Å². The number of benzene rings is 1. The minimum Gasteiger partial charge on any atom is -0.444 e. The summed E-state index contributed by atoms with van der Waals surface area (Å²) in [5, 5.41) is 4.05. The maximum atomic E-state index is 13.3. The number of rotatable bonds is 5. The first-order valence-electron chi connectivity index (χ1n) is 8.78. The van der Waals surface area contributed by atoms with E-state index in [0.717, 1.165) is 4.68 Å². The number of hydrogen-bond donors (Lipinski definition) is 3. The summed E-state index contributed by atoms with van der Waals surface area (Å²) < 4.78 is 45.6. The Kier molecular flexibility index (Phi) is 6.75. The molecular formula is C19H21F3N4O4. The molecule has 8 nitrogen and oxygen atoms in total. The van der Waals surface area contributed by atoms with Crippen LogP contribution in [0.1, 0.15) is 31.3 Å². The average Bonchev–Trinajstić information content (AvgIpc) is 3.06. The van der Waals surface area contributed by atoms with Crippen LogP contribution in [0.3, 0.4) is 0 Å². The number of para-hydroxylation sites is 1. The number of alkyl halides is 3. The summed E-state index contributed by atoms with van der Waals surface area (Å²) in [6.45, 7) is 4.39. The molecule has 30 heavy (non-hydrogen) atoms. The van der Waals surface area contributed by atoms with Crippen molar-refractivity contribution >= 4 is 23.6 Å². The van der Waals surface area contributed by atoms with Crippen LogP contribution in [0.4, 0.5) is 23.7 Å². The summed E-state index contributed by atoms with van der Waals surface area (Å²) in [5.74, 6) is -2.26. The molecule has 3 N–H and O–H groups in total. The third-order valence-electron chi connectivity index (χ3n) is 3.49. The topological polar surface area (TPSA) is 101 Å². The largest absolute Gasteiger partial charge is 0.444 e. The van der Waals surface area contributed by atoms with Gasteiger partial charge in [-0.2, -0.15) is 13.2 Å². The highest BCUT2D eigenvalue weighted by Crippen LogP contribution is 2.21. The Balaban J connectivity index is 2.14. The molecule has 0 aliphatic heterocycles. The van der Waals surface area contributed by atoms with Gasteiger partial charge < -0.3 is 15.4 Å². The highest BCUT2D eigenvalue weighted by Gasteiger charge is 2.47. The number of carbonyl (C=O) groups is 3. The van der Waals surface area contributed by atoms with Crippen molar-refractivity contribution in [3.8, 4) is 0 Å². The summed E-state index contributed by atoms with van der Waals surface area (Å²) in [6.07, 6.45) is -5.31. The highest BCUT2D eigenvalue weighted by molar-refractivity contribution is 6.04. The zero-order valence-electron chi connectivity index (χ0n) is 16.4. The van der Waals surface area contributed by atoms with Gasteiger partial charge in [-0.05, 0) is 45.0 Å². The molecule has 0 fully saturated rings. The quantitative estimate of drug-likeness (QED) is 0.683. The van der Waals surface area contributed by atoms with Gasteiger partial charge in [0.2, 0.25) is 6.04 Å². The van der Waals surface area contributed by atoms with Crippen LogP contribution < -0.4 is 16.1 Å². The van der Waals surface area contributed by atoms with E-state index in [9.17, 15) is 27.6 Å². The van der Waals surface area contributed by atoms with Crippen molar-refractivity contribution in [2.24, 2.45) is 0 Å². The van der Waals surface area contributed by atoms with Gasteiger partial charge in [0.15, 0.2) is 0 Å². The molecule has 0 aliphatic rings. The van der Waals surface area contributed by atoms with Crippen LogP contribution >= 0.6 is 0 Å². The Hall–Kier alpha value is -3.50. The lowest BCUT2D eigenvalue weighted by molar-refractivity contribution is -0.165. The standard InChI is InChI=1S/C19H21F3N4O4/c1-18(2,3)30-17(29)24-14(19(20,21)22)16(28)25-26-11-7-10-13(26)15(27)23-12-8-5-4-6-9-12/h4-11,14H,1-3H3,(H,23,27)(H,24,29)(H,25,28). The third-order valence-corrected chi connectivity index (χ3v) is 3.49. The predicted octanol–water partition coefficient (Wildman–Crippen LogP) is 3.27. The summed E-state index contributed by atoms with van der Waals surface area (Å²) in [6, 6.07) is 8.14. The van der Waals surface area contributed by atoms with Gasteiger partial charge in [0.05, 0.1) is 0 Å². The number of anilines is 1. The SMILES string of the molecule is CC(C)(C)OC(=O)NC(C(=O)Nn1cccc1C(=O)Nc1ccccc1)C(F)(F)F. The Morgan fingerprint density at radius 3 is 2.20 bits per heavy atom. The van der Waals surface area contributed by atoms with Crippen LogP contribution in [0.15, 0.2) is 48.7 Å². The number of amides is 3. The average molecular weight is 426 g/mol. The van der Waals surface area contributed by atoms with Crippen molar-refractivity contribution in [3.63, 3.8) is 0 Å². The van der Waals surface area contributed by atoms with Gasteiger partial charge in [0.25, 0.3) is 11.8 Å². The maximum Gasteiger partial charge on any atom is 0.417 e. The van der Waals surface area contributed by atoms with E-state index in [1.807, 2.05) is 5.43 Å². The molecule has 3 amide bonds. The van der Waals surface area contributed by atoms with Crippen LogP contribution in [-0.4, -0.2) is 40.4 Å². The Morgan fingerprint density at radius 2 is 1.63 bits per heavy atom. The monoisotopic (exact) mass is 426 g/mol. The molecule has 162 valence electrons. The molecule has 1 heterocycles. The van der Waals surface area contributed by atoms with E-state index >= 15 is 0 Å². The second kappa shape index (κ2) is 8.89. The van der Waals surface area contributed by atoms with Gasteiger partial charge >= 0.3 is 12.3 Å². The van der Waals surface area contributed by atoms with Gasteiger partial charge in [0, 0.05) is 11.9 Å². The Morgan fingerprint density at radius 1 is 1.00 bits per heavy atom. The van der Waals surface area contributed by atoms with E-state index < -0.39 is 35.7 Å². The molecule has 2 aromatic rings. The number of ether oxygens (including phenoxy) is 1.